The van der Waals surface area contributed by atoms with E-state index in [9.17, 15) is 13.9 Å². The normalized spacial score (nSPS) is 21.1. The number of piperidine rings is 1. The number of anilines is 2. The summed E-state index contributed by atoms with van der Waals surface area (Å²) in [4.78, 5) is 10.9. The first-order valence-electron chi connectivity index (χ1n) is 11.0. The summed E-state index contributed by atoms with van der Waals surface area (Å²) in [5.74, 6) is -0.950. The molecule has 9 nitrogen and oxygen atoms in total. The average molecular weight is 457 g/mol. The van der Waals surface area contributed by atoms with Gasteiger partial charge in [-0.3, -0.25) is 4.68 Å². The molecule has 0 unspecified atom stereocenters. The fourth-order valence-electron chi connectivity index (χ4n) is 4.44. The minimum Gasteiger partial charge on any atom is -0.391 e. The van der Waals surface area contributed by atoms with Crippen molar-refractivity contribution < 1.29 is 13.9 Å². The van der Waals surface area contributed by atoms with Crippen LogP contribution in [-0.2, 0) is 0 Å². The molecule has 1 saturated heterocycles. The molecular weight excluding hydrogens is 430 g/mol. The van der Waals surface area contributed by atoms with E-state index in [0.717, 1.165) is 24.6 Å². The topological polar surface area (TPSA) is 110 Å². The Bertz CT molecular complexity index is 1330. The summed E-state index contributed by atoms with van der Waals surface area (Å²) >= 11 is 0. The van der Waals surface area contributed by atoms with Crippen LogP contribution < -0.4 is 10.6 Å². The second-order valence-electron chi connectivity index (χ2n) is 8.89. The summed E-state index contributed by atoms with van der Waals surface area (Å²) in [6.45, 7) is 6.46. The fourth-order valence-corrected chi connectivity index (χ4v) is 4.44. The van der Waals surface area contributed by atoms with Crippen molar-refractivity contribution in [2.45, 2.75) is 57.7 Å². The minimum atomic E-state index is -0.787. The standard InChI is InChI=1S/C22H26F2N8O/c1-11-4-5-14(9-30(11)16-8-26-31(10-16)12(2)13(3)33)20-28-21-17-6-15(23)7-18(24)19(17)27-22(25)32(21)29-20/h6-8,10-14,33H,4-5,9H2,1-3H3,(H2,25,27)/t11-,12+,13+,14+/m0/s1. The van der Waals surface area contributed by atoms with Crippen molar-refractivity contribution in [1.29, 1.82) is 0 Å². The third kappa shape index (κ3) is 3.65. The molecule has 0 aliphatic carbocycles. The van der Waals surface area contributed by atoms with Gasteiger partial charge in [0.2, 0.25) is 5.95 Å². The number of nitrogens with zero attached hydrogens (tertiary/aromatic N) is 7. The highest BCUT2D eigenvalue weighted by Gasteiger charge is 2.31. The molecule has 4 aromatic rings. The molecule has 0 amide bonds. The molecule has 1 aliphatic rings. The van der Waals surface area contributed by atoms with Crippen molar-refractivity contribution in [2.75, 3.05) is 17.2 Å². The molecular formula is C22H26F2N8O. The summed E-state index contributed by atoms with van der Waals surface area (Å²) in [5.41, 5.74) is 7.23. The quantitative estimate of drug-likeness (QED) is 0.486. The Morgan fingerprint density at radius 1 is 1.18 bits per heavy atom. The fraction of sp³-hybridized carbons (Fsp3) is 0.455. The SMILES string of the molecule is C[C@H]([C@@H](C)O)n1cc(N2C[C@H](c3nc4c5cc(F)cc(F)c5nc(N)n4n3)CC[C@@H]2C)cn1. The van der Waals surface area contributed by atoms with Crippen LogP contribution in [0.1, 0.15) is 51.4 Å². The van der Waals surface area contributed by atoms with Crippen LogP contribution in [0, 0.1) is 11.6 Å². The Kier molecular flexibility index (Phi) is 5.15. The Balaban J connectivity index is 1.50. The first kappa shape index (κ1) is 21.5. The molecule has 1 aliphatic heterocycles. The van der Waals surface area contributed by atoms with Gasteiger partial charge in [0.15, 0.2) is 17.3 Å². The maximum absolute atomic E-state index is 14.3. The first-order chi connectivity index (χ1) is 15.7. The predicted octanol–water partition coefficient (Wildman–Crippen LogP) is 3.05. The van der Waals surface area contributed by atoms with Crippen LogP contribution in [-0.4, -0.2) is 53.2 Å². The second-order valence-corrected chi connectivity index (χ2v) is 8.89. The predicted molar refractivity (Wildman–Crippen MR) is 120 cm³/mol. The Morgan fingerprint density at radius 3 is 2.73 bits per heavy atom. The molecule has 11 heteroatoms. The number of aliphatic hydroxyl groups excluding tert-OH is 1. The number of halogens is 2. The molecule has 4 heterocycles. The third-order valence-corrected chi connectivity index (χ3v) is 6.62. The van der Waals surface area contributed by atoms with Gasteiger partial charge in [-0.2, -0.15) is 9.61 Å². The van der Waals surface area contributed by atoms with Crippen LogP contribution >= 0.6 is 0 Å². The van der Waals surface area contributed by atoms with E-state index < -0.39 is 17.7 Å². The number of nitrogens with two attached hydrogens (primary N) is 1. The van der Waals surface area contributed by atoms with E-state index in [1.807, 2.05) is 13.1 Å². The van der Waals surface area contributed by atoms with Crippen LogP contribution in [0.25, 0.3) is 16.6 Å². The van der Waals surface area contributed by atoms with E-state index in [4.69, 9.17) is 5.73 Å². The number of aliphatic hydroxyl groups is 1. The van der Waals surface area contributed by atoms with E-state index in [1.54, 1.807) is 17.8 Å². The first-order valence-corrected chi connectivity index (χ1v) is 11.0. The van der Waals surface area contributed by atoms with Gasteiger partial charge in [0.05, 0.1) is 29.4 Å². The molecule has 0 saturated carbocycles. The largest absolute Gasteiger partial charge is 0.391 e. The molecule has 33 heavy (non-hydrogen) atoms. The maximum atomic E-state index is 14.3. The second kappa shape index (κ2) is 7.91. The lowest BCUT2D eigenvalue weighted by atomic mass is 9.92. The Hall–Kier alpha value is -3.34. The van der Waals surface area contributed by atoms with E-state index in [-0.39, 0.29) is 40.5 Å². The summed E-state index contributed by atoms with van der Waals surface area (Å²) in [6, 6.07) is 2.13. The van der Waals surface area contributed by atoms with Gasteiger partial charge in [-0.1, -0.05) is 0 Å². The average Bonchev–Trinajstić information content (AvgIpc) is 3.43. The van der Waals surface area contributed by atoms with E-state index in [0.29, 0.717) is 12.4 Å². The molecule has 0 radical (unpaired) electrons. The molecule has 0 bridgehead atoms. The maximum Gasteiger partial charge on any atom is 0.223 e. The zero-order valence-electron chi connectivity index (χ0n) is 18.7. The molecule has 5 rings (SSSR count). The van der Waals surface area contributed by atoms with Crippen LogP contribution in [0.5, 0.6) is 0 Å². The molecule has 3 aromatic heterocycles. The number of hydrogen-bond donors (Lipinski definition) is 2. The molecule has 0 spiro atoms. The van der Waals surface area contributed by atoms with Crippen LogP contribution in [0.3, 0.4) is 0 Å². The smallest absolute Gasteiger partial charge is 0.223 e. The summed E-state index contributed by atoms with van der Waals surface area (Å²) in [5, 5.41) is 19.1. The monoisotopic (exact) mass is 456 g/mol. The van der Waals surface area contributed by atoms with Gasteiger partial charge >= 0.3 is 0 Å². The third-order valence-electron chi connectivity index (χ3n) is 6.62. The van der Waals surface area contributed by atoms with E-state index in [1.165, 1.54) is 10.6 Å². The highest BCUT2D eigenvalue weighted by atomic mass is 19.1. The van der Waals surface area contributed by atoms with Crippen molar-refractivity contribution in [3.05, 3.63) is 42.0 Å². The van der Waals surface area contributed by atoms with Crippen LogP contribution in [0.15, 0.2) is 24.5 Å². The van der Waals surface area contributed by atoms with Crippen molar-refractivity contribution in [3.8, 4) is 0 Å². The van der Waals surface area contributed by atoms with Gasteiger partial charge in [-0.05, 0) is 39.7 Å². The molecule has 1 aromatic carbocycles. The van der Waals surface area contributed by atoms with Gasteiger partial charge in [0, 0.05) is 30.8 Å². The lowest BCUT2D eigenvalue weighted by Gasteiger charge is -2.37. The van der Waals surface area contributed by atoms with Gasteiger partial charge in [-0.25, -0.2) is 18.7 Å². The van der Waals surface area contributed by atoms with Crippen molar-refractivity contribution >= 4 is 28.2 Å². The summed E-state index contributed by atoms with van der Waals surface area (Å²) in [6.07, 6.45) is 5.00. The van der Waals surface area contributed by atoms with E-state index >= 15 is 0 Å². The van der Waals surface area contributed by atoms with Crippen molar-refractivity contribution in [3.63, 3.8) is 0 Å². The summed E-state index contributed by atoms with van der Waals surface area (Å²) < 4.78 is 31.3. The molecule has 1 fully saturated rings. The van der Waals surface area contributed by atoms with Crippen molar-refractivity contribution in [2.24, 2.45) is 0 Å². The van der Waals surface area contributed by atoms with Gasteiger partial charge in [0.25, 0.3) is 0 Å². The molecule has 3 N–H and O–H groups in total. The number of aromatic nitrogens is 6. The number of nitrogen functional groups attached to an aromatic ring is 1. The Labute approximate surface area is 188 Å². The minimum absolute atomic E-state index is 0.00354. The highest BCUT2D eigenvalue weighted by Crippen LogP contribution is 2.33. The van der Waals surface area contributed by atoms with Gasteiger partial charge in [-0.15, -0.1) is 5.10 Å². The molecule has 4 atom stereocenters. The van der Waals surface area contributed by atoms with Gasteiger partial charge in [0.1, 0.15) is 11.3 Å². The summed E-state index contributed by atoms with van der Waals surface area (Å²) in [7, 11) is 0. The van der Waals surface area contributed by atoms with Crippen LogP contribution in [0.2, 0.25) is 0 Å². The number of benzene rings is 1. The Morgan fingerprint density at radius 2 is 1.97 bits per heavy atom. The van der Waals surface area contributed by atoms with Crippen molar-refractivity contribution in [1.82, 2.24) is 29.4 Å². The molecule has 174 valence electrons. The number of fused-ring (bicyclic) bond motifs is 3. The lowest BCUT2D eigenvalue weighted by Crippen LogP contribution is -2.41. The number of hydrogen-bond acceptors (Lipinski definition) is 7. The number of rotatable bonds is 4. The lowest BCUT2D eigenvalue weighted by molar-refractivity contribution is 0.132. The zero-order valence-corrected chi connectivity index (χ0v) is 18.7. The van der Waals surface area contributed by atoms with E-state index in [2.05, 4.69) is 32.0 Å². The highest BCUT2D eigenvalue weighted by molar-refractivity contribution is 5.92. The van der Waals surface area contributed by atoms with Crippen LogP contribution in [0.4, 0.5) is 20.4 Å². The van der Waals surface area contributed by atoms with Gasteiger partial charge < -0.3 is 15.7 Å². The zero-order chi connectivity index (χ0) is 23.4.